The first-order chi connectivity index (χ1) is 9.77. The summed E-state index contributed by atoms with van der Waals surface area (Å²) in [6.45, 7) is 0.383. The first-order valence-electron chi connectivity index (χ1n) is 6.19. The second-order valence-corrected chi connectivity index (χ2v) is 4.79. The Labute approximate surface area is 118 Å². The molecule has 21 heavy (non-hydrogen) atoms. The van der Waals surface area contributed by atoms with Gasteiger partial charge in [-0.3, -0.25) is 4.79 Å². The van der Waals surface area contributed by atoms with Gasteiger partial charge in [0.25, 0.3) is 0 Å². The summed E-state index contributed by atoms with van der Waals surface area (Å²) in [5.41, 5.74) is -0.212. The first kappa shape index (κ1) is 15.1. The molecular formula is C13H13F3N2O3. The fraction of sp³-hybridized carbons (Fsp3) is 0.385. The molecule has 2 N–H and O–H groups in total. The topological polar surface area (TPSA) is 69.6 Å². The van der Waals surface area contributed by atoms with Crippen LogP contribution in [0.25, 0.3) is 0 Å². The fourth-order valence-electron chi connectivity index (χ4n) is 1.90. The lowest BCUT2D eigenvalue weighted by Gasteiger charge is -2.36. The SMILES string of the molecule is O=C(O)C1CN(C(=O)NCc2ccc(C(F)(F)F)cc2)C1. The van der Waals surface area contributed by atoms with Crippen molar-refractivity contribution in [2.24, 2.45) is 5.92 Å². The third-order valence-electron chi connectivity index (χ3n) is 3.24. The molecule has 0 bridgehead atoms. The molecule has 0 aliphatic carbocycles. The highest BCUT2D eigenvalue weighted by atomic mass is 19.4. The van der Waals surface area contributed by atoms with E-state index in [0.717, 1.165) is 12.1 Å². The van der Waals surface area contributed by atoms with Crippen molar-refractivity contribution in [2.45, 2.75) is 12.7 Å². The summed E-state index contributed by atoms with van der Waals surface area (Å²) in [7, 11) is 0. The molecular weight excluding hydrogens is 289 g/mol. The zero-order chi connectivity index (χ0) is 15.6. The minimum atomic E-state index is -4.38. The smallest absolute Gasteiger partial charge is 0.416 e. The van der Waals surface area contributed by atoms with Crippen LogP contribution >= 0.6 is 0 Å². The van der Waals surface area contributed by atoms with Crippen LogP contribution in [0.1, 0.15) is 11.1 Å². The van der Waals surface area contributed by atoms with Gasteiger partial charge in [0.05, 0.1) is 11.5 Å². The van der Waals surface area contributed by atoms with Crippen LogP contribution < -0.4 is 5.32 Å². The van der Waals surface area contributed by atoms with Gasteiger partial charge in [-0.2, -0.15) is 13.2 Å². The zero-order valence-electron chi connectivity index (χ0n) is 10.9. The Morgan fingerprint density at radius 1 is 1.24 bits per heavy atom. The molecule has 2 amide bonds. The number of hydrogen-bond acceptors (Lipinski definition) is 2. The van der Waals surface area contributed by atoms with Crippen LogP contribution in [0.4, 0.5) is 18.0 Å². The maximum atomic E-state index is 12.4. The minimum absolute atomic E-state index is 0.0885. The number of nitrogens with zero attached hydrogens (tertiary/aromatic N) is 1. The summed E-state index contributed by atoms with van der Waals surface area (Å²) in [6, 6.07) is 4.06. The number of likely N-dealkylation sites (tertiary alicyclic amines) is 1. The van der Waals surface area contributed by atoms with Crippen LogP contribution in [0.5, 0.6) is 0 Å². The number of amides is 2. The summed E-state index contributed by atoms with van der Waals surface area (Å²) >= 11 is 0. The van der Waals surface area contributed by atoms with Crippen molar-refractivity contribution in [3.63, 3.8) is 0 Å². The molecule has 0 unspecified atom stereocenters. The highest BCUT2D eigenvalue weighted by Gasteiger charge is 2.35. The van der Waals surface area contributed by atoms with Gasteiger partial charge in [-0.1, -0.05) is 12.1 Å². The van der Waals surface area contributed by atoms with Gasteiger partial charge >= 0.3 is 18.2 Å². The van der Waals surface area contributed by atoms with Gasteiger partial charge in [0.15, 0.2) is 0 Å². The molecule has 2 rings (SSSR count). The van der Waals surface area contributed by atoms with Crippen LogP contribution in [-0.2, 0) is 17.5 Å². The van der Waals surface area contributed by atoms with Gasteiger partial charge in [0.1, 0.15) is 0 Å². The highest BCUT2D eigenvalue weighted by molar-refractivity contribution is 5.79. The summed E-state index contributed by atoms with van der Waals surface area (Å²) in [6.07, 6.45) is -4.38. The molecule has 5 nitrogen and oxygen atoms in total. The molecule has 0 atom stereocenters. The second-order valence-electron chi connectivity index (χ2n) is 4.79. The molecule has 1 saturated heterocycles. The van der Waals surface area contributed by atoms with Crippen LogP contribution in [0.15, 0.2) is 24.3 Å². The number of carbonyl (C=O) groups excluding carboxylic acids is 1. The van der Waals surface area contributed by atoms with E-state index in [4.69, 9.17) is 5.11 Å². The number of urea groups is 1. The Hall–Kier alpha value is -2.25. The monoisotopic (exact) mass is 302 g/mol. The lowest BCUT2D eigenvalue weighted by Crippen LogP contribution is -2.56. The molecule has 8 heteroatoms. The molecule has 0 saturated carbocycles. The van der Waals surface area contributed by atoms with E-state index in [9.17, 15) is 22.8 Å². The van der Waals surface area contributed by atoms with Crippen molar-refractivity contribution < 1.29 is 27.9 Å². The number of hydrogen-bond donors (Lipinski definition) is 2. The Kier molecular flexibility index (Phi) is 4.06. The molecule has 0 radical (unpaired) electrons. The molecule has 1 heterocycles. The Bertz CT molecular complexity index is 537. The Balaban J connectivity index is 1.81. The maximum absolute atomic E-state index is 12.4. The average molecular weight is 302 g/mol. The standard InChI is InChI=1S/C13H13F3N2O3/c14-13(15,16)10-3-1-8(2-4-10)5-17-12(21)18-6-9(7-18)11(19)20/h1-4,9H,5-7H2,(H,17,21)(H,19,20). The van der Waals surface area contributed by atoms with E-state index < -0.39 is 29.7 Å². The molecule has 0 aromatic heterocycles. The van der Waals surface area contributed by atoms with Crippen molar-refractivity contribution in [1.82, 2.24) is 10.2 Å². The Morgan fingerprint density at radius 2 is 1.81 bits per heavy atom. The van der Waals surface area contributed by atoms with Crippen LogP contribution in [0.3, 0.4) is 0 Å². The van der Waals surface area contributed by atoms with Crippen LogP contribution in [0, 0.1) is 5.92 Å². The first-order valence-corrected chi connectivity index (χ1v) is 6.19. The van der Waals surface area contributed by atoms with E-state index in [-0.39, 0.29) is 19.6 Å². The molecule has 1 aromatic rings. The van der Waals surface area contributed by atoms with Crippen molar-refractivity contribution in [3.05, 3.63) is 35.4 Å². The molecule has 1 aliphatic heterocycles. The predicted molar refractivity (Wildman–Crippen MR) is 66.4 cm³/mol. The summed E-state index contributed by atoms with van der Waals surface area (Å²) in [5, 5.41) is 11.2. The van der Waals surface area contributed by atoms with Crippen LogP contribution in [0.2, 0.25) is 0 Å². The van der Waals surface area contributed by atoms with Gasteiger partial charge < -0.3 is 15.3 Å². The number of halogens is 3. The lowest BCUT2D eigenvalue weighted by molar-refractivity contribution is -0.146. The number of carboxylic acid groups (broad SMARTS) is 1. The number of carbonyl (C=O) groups is 2. The predicted octanol–water partition coefficient (Wildman–Crippen LogP) is 1.93. The third kappa shape index (κ3) is 3.65. The molecule has 1 aromatic carbocycles. The quantitative estimate of drug-likeness (QED) is 0.896. The van der Waals surface area contributed by atoms with Crippen molar-refractivity contribution >= 4 is 12.0 Å². The second kappa shape index (κ2) is 5.63. The lowest BCUT2D eigenvalue weighted by atomic mass is 10.0. The van der Waals surface area contributed by atoms with E-state index in [1.807, 2.05) is 0 Å². The van der Waals surface area contributed by atoms with E-state index >= 15 is 0 Å². The summed E-state index contributed by atoms with van der Waals surface area (Å²) in [4.78, 5) is 23.6. The average Bonchev–Trinajstić information content (AvgIpc) is 2.33. The van der Waals surface area contributed by atoms with E-state index in [1.165, 1.54) is 17.0 Å². The normalized spacial score (nSPS) is 15.5. The number of alkyl halides is 3. The van der Waals surface area contributed by atoms with Gasteiger partial charge in [-0.15, -0.1) is 0 Å². The van der Waals surface area contributed by atoms with Crippen molar-refractivity contribution in [2.75, 3.05) is 13.1 Å². The number of carboxylic acids is 1. The van der Waals surface area contributed by atoms with E-state index in [0.29, 0.717) is 5.56 Å². The number of benzene rings is 1. The fourth-order valence-corrected chi connectivity index (χ4v) is 1.90. The molecule has 0 spiro atoms. The largest absolute Gasteiger partial charge is 0.481 e. The zero-order valence-corrected chi connectivity index (χ0v) is 10.9. The van der Waals surface area contributed by atoms with E-state index in [1.54, 1.807) is 0 Å². The molecule has 1 fully saturated rings. The van der Waals surface area contributed by atoms with Gasteiger partial charge in [0, 0.05) is 19.6 Å². The maximum Gasteiger partial charge on any atom is 0.416 e. The summed E-state index contributed by atoms with van der Waals surface area (Å²) in [5.74, 6) is -1.48. The molecule has 1 aliphatic rings. The molecule has 114 valence electrons. The van der Waals surface area contributed by atoms with Gasteiger partial charge in [0.2, 0.25) is 0 Å². The highest BCUT2D eigenvalue weighted by Crippen LogP contribution is 2.29. The van der Waals surface area contributed by atoms with Gasteiger partial charge in [-0.05, 0) is 17.7 Å². The number of aliphatic carboxylic acids is 1. The number of nitrogens with one attached hydrogen (secondary N) is 1. The van der Waals surface area contributed by atoms with Crippen LogP contribution in [-0.4, -0.2) is 35.1 Å². The van der Waals surface area contributed by atoms with E-state index in [2.05, 4.69) is 5.32 Å². The minimum Gasteiger partial charge on any atom is -0.481 e. The summed E-state index contributed by atoms with van der Waals surface area (Å²) < 4.78 is 37.1. The third-order valence-corrected chi connectivity index (χ3v) is 3.24. The van der Waals surface area contributed by atoms with Gasteiger partial charge in [-0.25, -0.2) is 4.79 Å². The Morgan fingerprint density at radius 3 is 2.29 bits per heavy atom. The van der Waals surface area contributed by atoms with Crippen molar-refractivity contribution in [1.29, 1.82) is 0 Å². The number of rotatable bonds is 3. The van der Waals surface area contributed by atoms with Crippen molar-refractivity contribution in [3.8, 4) is 0 Å².